The summed E-state index contributed by atoms with van der Waals surface area (Å²) in [4.78, 5) is 44.8. The number of thioether (sulfide) groups is 1. The zero-order valence-electron chi connectivity index (χ0n) is 20.6. The summed E-state index contributed by atoms with van der Waals surface area (Å²) in [5, 5.41) is 18.5. The minimum Gasteiger partial charge on any atom is -0.461 e. The largest absolute Gasteiger partial charge is 0.461 e. The summed E-state index contributed by atoms with van der Waals surface area (Å²) in [5.74, 6) is -2.49. The monoisotopic (exact) mass is 523 g/mol. The standard InChI is InChI=1S/C26H29N5O5S/c1-15(2)18(13-32)31-22-24(34)29(14-30-17-8-4-3-7-16(17)27-28-30)11-6-10-26(22)21(23(31)33)20-19(37-26)9-5-12-36-25(20)35/h3-10,15,18-22,32H,11-14H2,1-2H3/t18-,19+,20-,21-,22?,26-/m0/s1. The van der Waals surface area contributed by atoms with Crippen LogP contribution in [-0.4, -0.2) is 89.5 Å². The first-order valence-electron chi connectivity index (χ1n) is 12.6. The van der Waals surface area contributed by atoms with Crippen LogP contribution in [0, 0.1) is 17.8 Å². The molecule has 0 radical (unpaired) electrons. The topological polar surface area (TPSA) is 118 Å². The van der Waals surface area contributed by atoms with Crippen LogP contribution in [0.3, 0.4) is 0 Å². The van der Waals surface area contributed by atoms with E-state index in [1.54, 1.807) is 20.6 Å². The summed E-state index contributed by atoms with van der Waals surface area (Å²) in [6.07, 6.45) is 7.60. The Bertz CT molecular complexity index is 1320. The Hall–Kier alpha value is -3.18. The molecule has 4 aliphatic heterocycles. The van der Waals surface area contributed by atoms with Gasteiger partial charge in [-0.1, -0.05) is 55.5 Å². The first-order valence-corrected chi connectivity index (χ1v) is 13.4. The molecule has 10 nitrogen and oxygen atoms in total. The molecule has 194 valence electrons. The number of fused-ring (bicyclic) bond motifs is 3. The van der Waals surface area contributed by atoms with Crippen LogP contribution in [0.1, 0.15) is 13.8 Å². The molecule has 1 N–H and O–H groups in total. The lowest BCUT2D eigenvalue weighted by Gasteiger charge is -2.39. The SMILES string of the molecule is CC(C)[C@H](CO)N1C(=O)[C@@H]2[C@H]3C(=O)OCC=C[C@H]3S[C@@]23C=CCN(Cn2nnc4ccccc42)C(=O)C13. The van der Waals surface area contributed by atoms with Crippen molar-refractivity contribution in [2.24, 2.45) is 17.8 Å². The second kappa shape index (κ2) is 8.98. The molecule has 5 heterocycles. The zero-order valence-corrected chi connectivity index (χ0v) is 21.5. The van der Waals surface area contributed by atoms with Crippen LogP contribution in [0.25, 0.3) is 11.0 Å². The van der Waals surface area contributed by atoms with E-state index >= 15 is 0 Å². The summed E-state index contributed by atoms with van der Waals surface area (Å²) in [6, 6.07) is 6.09. The lowest BCUT2D eigenvalue weighted by Crippen LogP contribution is -2.57. The number of cyclic esters (lactones) is 1. The van der Waals surface area contributed by atoms with E-state index in [1.165, 1.54) is 11.8 Å². The Labute approximate surface area is 218 Å². The van der Waals surface area contributed by atoms with Gasteiger partial charge in [0.1, 0.15) is 24.8 Å². The Morgan fingerprint density at radius 3 is 2.78 bits per heavy atom. The average molecular weight is 524 g/mol. The number of amides is 2. The maximum Gasteiger partial charge on any atom is 0.311 e. The van der Waals surface area contributed by atoms with Crippen LogP contribution in [0.5, 0.6) is 0 Å². The quantitative estimate of drug-likeness (QED) is 0.459. The molecule has 1 aromatic heterocycles. The molecule has 0 aliphatic carbocycles. The fourth-order valence-corrected chi connectivity index (χ4v) is 8.23. The van der Waals surface area contributed by atoms with Gasteiger partial charge in [0, 0.05) is 11.8 Å². The molecule has 4 aliphatic rings. The number of rotatable bonds is 5. The number of carbonyl (C=O) groups excluding carboxylic acids is 3. The van der Waals surface area contributed by atoms with Gasteiger partial charge in [-0.3, -0.25) is 14.4 Å². The first kappa shape index (κ1) is 24.2. The number of hydrogen-bond acceptors (Lipinski definition) is 8. The normalized spacial score (nSPS) is 31.8. The van der Waals surface area contributed by atoms with Crippen molar-refractivity contribution in [1.82, 2.24) is 24.8 Å². The fourth-order valence-electron chi connectivity index (χ4n) is 6.24. The highest BCUT2D eigenvalue weighted by Gasteiger charge is 2.72. The van der Waals surface area contributed by atoms with Gasteiger partial charge >= 0.3 is 5.97 Å². The van der Waals surface area contributed by atoms with Crippen molar-refractivity contribution in [2.75, 3.05) is 19.8 Å². The second-order valence-electron chi connectivity index (χ2n) is 10.3. The van der Waals surface area contributed by atoms with E-state index in [1.807, 2.05) is 56.3 Å². The lowest BCUT2D eigenvalue weighted by atomic mass is 9.78. The predicted octanol–water partition coefficient (Wildman–Crippen LogP) is 1.21. The maximum absolute atomic E-state index is 14.4. The highest BCUT2D eigenvalue weighted by atomic mass is 32.2. The molecule has 1 aromatic carbocycles. The number of likely N-dealkylation sites (tertiary alicyclic amines) is 1. The van der Waals surface area contributed by atoms with Crippen LogP contribution >= 0.6 is 11.8 Å². The van der Waals surface area contributed by atoms with Gasteiger partial charge in [-0.05, 0) is 18.1 Å². The van der Waals surface area contributed by atoms with Gasteiger partial charge in [0.25, 0.3) is 0 Å². The fraction of sp³-hybridized carbons (Fsp3) is 0.500. The van der Waals surface area contributed by atoms with Crippen molar-refractivity contribution in [3.63, 3.8) is 0 Å². The average Bonchev–Trinajstić information content (AvgIpc) is 3.42. The van der Waals surface area contributed by atoms with E-state index in [0.29, 0.717) is 6.54 Å². The lowest BCUT2D eigenvalue weighted by molar-refractivity contribution is -0.152. The molecule has 2 aromatic rings. The van der Waals surface area contributed by atoms with Crippen molar-refractivity contribution in [3.8, 4) is 0 Å². The molecule has 6 atom stereocenters. The van der Waals surface area contributed by atoms with E-state index in [0.717, 1.165) is 11.0 Å². The van der Waals surface area contributed by atoms with Gasteiger partial charge in [0.15, 0.2) is 0 Å². The highest BCUT2D eigenvalue weighted by molar-refractivity contribution is 8.02. The Morgan fingerprint density at radius 2 is 2.00 bits per heavy atom. The Kier molecular flexibility index (Phi) is 5.87. The van der Waals surface area contributed by atoms with E-state index in [2.05, 4.69) is 10.3 Å². The van der Waals surface area contributed by atoms with Gasteiger partial charge in [0.2, 0.25) is 11.8 Å². The predicted molar refractivity (Wildman–Crippen MR) is 136 cm³/mol. The Morgan fingerprint density at radius 1 is 1.19 bits per heavy atom. The smallest absolute Gasteiger partial charge is 0.311 e. The summed E-state index contributed by atoms with van der Waals surface area (Å²) >= 11 is 1.49. The number of carbonyl (C=O) groups is 3. The number of ether oxygens (including phenoxy) is 1. The van der Waals surface area contributed by atoms with E-state index < -0.39 is 34.6 Å². The Balaban J connectivity index is 1.44. The summed E-state index contributed by atoms with van der Waals surface area (Å²) in [6.45, 7) is 4.22. The van der Waals surface area contributed by atoms with Gasteiger partial charge in [-0.2, -0.15) is 0 Å². The van der Waals surface area contributed by atoms with E-state index in [9.17, 15) is 19.5 Å². The third-order valence-electron chi connectivity index (χ3n) is 7.97. The molecule has 2 fully saturated rings. The van der Waals surface area contributed by atoms with Crippen LogP contribution in [0.4, 0.5) is 0 Å². The molecular weight excluding hydrogens is 494 g/mol. The highest BCUT2D eigenvalue weighted by Crippen LogP contribution is 2.61. The number of para-hydroxylation sites is 1. The number of aromatic nitrogens is 3. The molecule has 6 rings (SSSR count). The molecular formula is C26H29N5O5S. The van der Waals surface area contributed by atoms with Crippen LogP contribution in [0.15, 0.2) is 48.6 Å². The van der Waals surface area contributed by atoms with Crippen molar-refractivity contribution in [3.05, 3.63) is 48.6 Å². The minimum atomic E-state index is -0.953. The van der Waals surface area contributed by atoms with Gasteiger partial charge in [-0.15, -0.1) is 16.9 Å². The van der Waals surface area contributed by atoms with Gasteiger partial charge in [-0.25, -0.2) is 4.68 Å². The number of aliphatic hydroxyl groups is 1. The zero-order chi connectivity index (χ0) is 25.9. The van der Waals surface area contributed by atoms with E-state index in [-0.39, 0.29) is 42.9 Å². The van der Waals surface area contributed by atoms with Gasteiger partial charge in [0.05, 0.1) is 34.7 Å². The minimum absolute atomic E-state index is 0.0978. The van der Waals surface area contributed by atoms with Gasteiger partial charge < -0.3 is 19.6 Å². The molecule has 0 bridgehead atoms. The first-order chi connectivity index (χ1) is 17.9. The number of aliphatic hydroxyl groups excluding tert-OH is 1. The van der Waals surface area contributed by atoms with Crippen molar-refractivity contribution < 1.29 is 24.2 Å². The van der Waals surface area contributed by atoms with Crippen molar-refractivity contribution >= 4 is 40.6 Å². The molecule has 1 unspecified atom stereocenters. The molecule has 2 saturated heterocycles. The third kappa shape index (κ3) is 3.54. The van der Waals surface area contributed by atoms with Crippen LogP contribution in [0.2, 0.25) is 0 Å². The molecule has 2 amide bonds. The molecule has 1 spiro atoms. The molecule has 37 heavy (non-hydrogen) atoms. The van der Waals surface area contributed by atoms with Crippen molar-refractivity contribution in [2.45, 2.75) is 42.6 Å². The number of benzene rings is 1. The van der Waals surface area contributed by atoms with Crippen molar-refractivity contribution in [1.29, 1.82) is 0 Å². The second-order valence-corrected chi connectivity index (χ2v) is 11.8. The summed E-state index contributed by atoms with van der Waals surface area (Å²) < 4.78 is 6.14. The van der Waals surface area contributed by atoms with Crippen LogP contribution in [-0.2, 0) is 25.8 Å². The summed E-state index contributed by atoms with van der Waals surface area (Å²) in [5.41, 5.74) is 1.53. The number of hydrogen-bond donors (Lipinski definition) is 1. The maximum atomic E-state index is 14.4. The van der Waals surface area contributed by atoms with Crippen LogP contribution < -0.4 is 0 Å². The van der Waals surface area contributed by atoms with E-state index in [4.69, 9.17) is 4.74 Å². The number of esters is 1. The molecule has 0 saturated carbocycles. The molecule has 11 heteroatoms. The summed E-state index contributed by atoms with van der Waals surface area (Å²) in [7, 11) is 0. The number of nitrogens with zero attached hydrogens (tertiary/aromatic N) is 5. The third-order valence-corrected chi connectivity index (χ3v) is 9.72.